The number of nitrogens with one attached hydrogen (secondary N) is 1. The maximum absolute atomic E-state index is 12.6. The zero-order chi connectivity index (χ0) is 25.3. The SMILES string of the molecule is Cc1cccc(-c2ccc3nc(-c4ccccc4)c(CN4CCN(C(=O)NC(C)(C)C)CC4)n3c2)c1. The molecule has 1 aliphatic heterocycles. The van der Waals surface area contributed by atoms with Crippen molar-refractivity contribution >= 4 is 11.7 Å². The van der Waals surface area contributed by atoms with Crippen molar-refractivity contribution in [3.63, 3.8) is 0 Å². The maximum atomic E-state index is 12.6. The van der Waals surface area contributed by atoms with Crippen molar-refractivity contribution in [1.82, 2.24) is 24.5 Å². The van der Waals surface area contributed by atoms with E-state index in [1.807, 2.05) is 31.7 Å². The van der Waals surface area contributed by atoms with Crippen molar-refractivity contribution in [1.29, 1.82) is 0 Å². The Kier molecular flexibility index (Phi) is 6.54. The number of pyridine rings is 1. The molecule has 5 rings (SSSR count). The Bertz CT molecular complexity index is 1360. The molecule has 2 aromatic carbocycles. The Morgan fingerprint density at radius 3 is 2.31 bits per heavy atom. The summed E-state index contributed by atoms with van der Waals surface area (Å²) in [6.45, 7) is 12.0. The summed E-state index contributed by atoms with van der Waals surface area (Å²) in [7, 11) is 0. The second-order valence-corrected chi connectivity index (χ2v) is 10.7. The van der Waals surface area contributed by atoms with E-state index in [4.69, 9.17) is 4.98 Å². The third-order valence-corrected chi connectivity index (χ3v) is 6.63. The smallest absolute Gasteiger partial charge is 0.317 e. The first-order valence-electron chi connectivity index (χ1n) is 12.7. The molecule has 0 unspecified atom stereocenters. The van der Waals surface area contributed by atoms with Crippen LogP contribution in [-0.4, -0.2) is 56.9 Å². The van der Waals surface area contributed by atoms with Crippen LogP contribution in [0.5, 0.6) is 0 Å². The molecule has 2 amide bonds. The molecule has 4 aromatic rings. The summed E-state index contributed by atoms with van der Waals surface area (Å²) in [5, 5.41) is 3.08. The van der Waals surface area contributed by atoms with Crippen LogP contribution in [0.2, 0.25) is 0 Å². The van der Waals surface area contributed by atoms with Crippen LogP contribution in [0.3, 0.4) is 0 Å². The van der Waals surface area contributed by atoms with E-state index in [-0.39, 0.29) is 11.6 Å². The van der Waals surface area contributed by atoms with Crippen LogP contribution in [-0.2, 0) is 6.54 Å². The Labute approximate surface area is 213 Å². The van der Waals surface area contributed by atoms with Gasteiger partial charge in [-0.1, -0.05) is 60.2 Å². The van der Waals surface area contributed by atoms with Gasteiger partial charge in [-0.15, -0.1) is 0 Å². The molecular formula is C30H35N5O. The molecule has 1 aliphatic rings. The number of hydrogen-bond donors (Lipinski definition) is 1. The van der Waals surface area contributed by atoms with Gasteiger partial charge in [0, 0.05) is 50.0 Å². The largest absolute Gasteiger partial charge is 0.333 e. The Balaban J connectivity index is 1.45. The minimum Gasteiger partial charge on any atom is -0.333 e. The maximum Gasteiger partial charge on any atom is 0.317 e. The van der Waals surface area contributed by atoms with E-state index in [0.29, 0.717) is 13.1 Å². The minimum atomic E-state index is -0.232. The molecule has 0 atom stereocenters. The molecule has 0 spiro atoms. The van der Waals surface area contributed by atoms with Crippen LogP contribution in [0.15, 0.2) is 72.9 Å². The number of imidazole rings is 1. The lowest BCUT2D eigenvalue weighted by Crippen LogP contribution is -2.54. The van der Waals surface area contributed by atoms with Crippen LogP contribution in [0, 0.1) is 6.92 Å². The first-order chi connectivity index (χ1) is 17.3. The number of hydrogen-bond acceptors (Lipinski definition) is 3. The van der Waals surface area contributed by atoms with Crippen molar-refractivity contribution in [2.24, 2.45) is 0 Å². The van der Waals surface area contributed by atoms with Gasteiger partial charge in [-0.2, -0.15) is 0 Å². The number of fused-ring (bicyclic) bond motifs is 1. The standard InChI is InChI=1S/C30H35N5O/c1-22-9-8-12-24(19-22)25-13-14-27-31-28(23-10-6-5-7-11-23)26(35(27)20-25)21-33-15-17-34(18-16-33)29(36)32-30(2,3)4/h5-14,19-20H,15-18,21H2,1-4H3,(H,32,36). The predicted octanol–water partition coefficient (Wildman–Crippen LogP) is 5.60. The number of carbonyl (C=O) groups excluding carboxylic acids is 1. The summed E-state index contributed by atoms with van der Waals surface area (Å²) in [5.74, 6) is 0. The lowest BCUT2D eigenvalue weighted by Gasteiger charge is -2.36. The van der Waals surface area contributed by atoms with Crippen LogP contribution < -0.4 is 5.32 Å². The number of carbonyl (C=O) groups is 1. The van der Waals surface area contributed by atoms with Gasteiger partial charge in [-0.05, 0) is 51.0 Å². The lowest BCUT2D eigenvalue weighted by atomic mass is 10.1. The van der Waals surface area contributed by atoms with Crippen molar-refractivity contribution in [2.75, 3.05) is 26.2 Å². The highest BCUT2D eigenvalue weighted by atomic mass is 16.2. The van der Waals surface area contributed by atoms with Crippen LogP contribution in [0.25, 0.3) is 28.0 Å². The van der Waals surface area contributed by atoms with Gasteiger partial charge >= 0.3 is 6.03 Å². The minimum absolute atomic E-state index is 0.0183. The highest BCUT2D eigenvalue weighted by Gasteiger charge is 2.25. The number of benzene rings is 2. The summed E-state index contributed by atoms with van der Waals surface area (Å²) in [5.41, 5.74) is 7.66. The van der Waals surface area contributed by atoms with E-state index in [1.165, 1.54) is 22.4 Å². The van der Waals surface area contributed by atoms with E-state index in [2.05, 4.69) is 88.4 Å². The summed E-state index contributed by atoms with van der Waals surface area (Å²) in [6.07, 6.45) is 2.21. The fourth-order valence-corrected chi connectivity index (χ4v) is 4.79. The molecule has 36 heavy (non-hydrogen) atoms. The number of rotatable bonds is 4. The van der Waals surface area contributed by atoms with Gasteiger partial charge in [-0.3, -0.25) is 4.90 Å². The Morgan fingerprint density at radius 2 is 1.61 bits per heavy atom. The zero-order valence-electron chi connectivity index (χ0n) is 21.7. The van der Waals surface area contributed by atoms with Gasteiger partial charge in [0.1, 0.15) is 5.65 Å². The molecule has 0 bridgehead atoms. The molecule has 2 aromatic heterocycles. The number of aromatic nitrogens is 2. The second-order valence-electron chi connectivity index (χ2n) is 10.7. The molecule has 186 valence electrons. The fraction of sp³-hybridized carbons (Fsp3) is 0.333. The molecule has 6 heteroatoms. The van der Waals surface area contributed by atoms with Crippen molar-refractivity contribution < 1.29 is 4.79 Å². The van der Waals surface area contributed by atoms with Crippen molar-refractivity contribution in [3.05, 3.63) is 84.2 Å². The first-order valence-corrected chi connectivity index (χ1v) is 12.7. The predicted molar refractivity (Wildman–Crippen MR) is 146 cm³/mol. The zero-order valence-corrected chi connectivity index (χ0v) is 21.7. The van der Waals surface area contributed by atoms with Gasteiger partial charge in [-0.25, -0.2) is 9.78 Å². The monoisotopic (exact) mass is 481 g/mol. The number of aryl methyl sites for hydroxylation is 1. The third-order valence-electron chi connectivity index (χ3n) is 6.63. The fourth-order valence-electron chi connectivity index (χ4n) is 4.79. The molecule has 1 N–H and O–H groups in total. The number of piperazine rings is 1. The number of urea groups is 1. The van der Waals surface area contributed by atoms with E-state index >= 15 is 0 Å². The molecular weight excluding hydrogens is 446 g/mol. The molecule has 1 saturated heterocycles. The Morgan fingerprint density at radius 1 is 0.889 bits per heavy atom. The summed E-state index contributed by atoms with van der Waals surface area (Å²) < 4.78 is 2.25. The molecule has 0 saturated carbocycles. The van der Waals surface area contributed by atoms with Crippen molar-refractivity contribution in [3.8, 4) is 22.4 Å². The lowest BCUT2D eigenvalue weighted by molar-refractivity contribution is 0.130. The van der Waals surface area contributed by atoms with Crippen molar-refractivity contribution in [2.45, 2.75) is 39.8 Å². The summed E-state index contributed by atoms with van der Waals surface area (Å²) in [6, 6.07) is 23.3. The summed E-state index contributed by atoms with van der Waals surface area (Å²) in [4.78, 5) is 22.0. The van der Waals surface area contributed by atoms with Gasteiger partial charge in [0.05, 0.1) is 11.4 Å². The van der Waals surface area contributed by atoms with E-state index in [9.17, 15) is 4.79 Å². The number of amides is 2. The molecule has 3 heterocycles. The van der Waals surface area contributed by atoms with E-state index in [0.717, 1.165) is 36.5 Å². The quantitative estimate of drug-likeness (QED) is 0.413. The van der Waals surface area contributed by atoms with Gasteiger partial charge in [0.2, 0.25) is 0 Å². The van der Waals surface area contributed by atoms with Crippen LogP contribution in [0.1, 0.15) is 32.0 Å². The van der Waals surface area contributed by atoms with E-state index < -0.39 is 0 Å². The molecule has 6 nitrogen and oxygen atoms in total. The van der Waals surface area contributed by atoms with Gasteiger partial charge < -0.3 is 14.6 Å². The molecule has 1 fully saturated rings. The highest BCUT2D eigenvalue weighted by molar-refractivity contribution is 5.75. The number of nitrogens with zero attached hydrogens (tertiary/aromatic N) is 4. The van der Waals surface area contributed by atoms with Crippen LogP contribution >= 0.6 is 0 Å². The normalized spacial score (nSPS) is 14.8. The molecule has 0 radical (unpaired) electrons. The second kappa shape index (κ2) is 9.78. The van der Waals surface area contributed by atoms with Crippen LogP contribution in [0.4, 0.5) is 4.79 Å². The molecule has 0 aliphatic carbocycles. The summed E-state index contributed by atoms with van der Waals surface area (Å²) >= 11 is 0. The third kappa shape index (κ3) is 5.29. The first kappa shape index (κ1) is 24.1. The average Bonchev–Trinajstić information content (AvgIpc) is 3.21. The topological polar surface area (TPSA) is 52.9 Å². The van der Waals surface area contributed by atoms with Gasteiger partial charge in [0.25, 0.3) is 0 Å². The average molecular weight is 482 g/mol. The van der Waals surface area contributed by atoms with E-state index in [1.54, 1.807) is 0 Å². The highest BCUT2D eigenvalue weighted by Crippen LogP contribution is 2.29. The van der Waals surface area contributed by atoms with Gasteiger partial charge in [0.15, 0.2) is 0 Å². The Hall–Kier alpha value is -3.64.